The van der Waals surface area contributed by atoms with E-state index in [2.05, 4.69) is 39.3 Å². The van der Waals surface area contributed by atoms with E-state index in [1.807, 2.05) is 0 Å². The van der Waals surface area contributed by atoms with Crippen LogP contribution in [0.3, 0.4) is 0 Å². The van der Waals surface area contributed by atoms with Gasteiger partial charge in [-0.1, -0.05) is 69.3 Å². The summed E-state index contributed by atoms with van der Waals surface area (Å²) in [6.07, 6.45) is 17.6. The molecule has 0 aromatic heterocycles. The number of nitrogens with two attached hydrogens (primary N) is 1. The molecule has 4 amide bonds. The van der Waals surface area contributed by atoms with Gasteiger partial charge in [0.15, 0.2) is 0 Å². The molecule has 7 rings (SSSR count). The fraction of sp³-hybridized carbons (Fsp3) is 0.810. The lowest BCUT2D eigenvalue weighted by molar-refractivity contribution is -0.192. The van der Waals surface area contributed by atoms with Gasteiger partial charge in [0.1, 0.15) is 12.1 Å². The molecule has 1 spiro atoms. The number of carbonyl (C=O) groups excluding carboxylic acids is 4. The van der Waals surface area contributed by atoms with Gasteiger partial charge in [0.2, 0.25) is 11.8 Å². The van der Waals surface area contributed by atoms with Gasteiger partial charge in [-0.05, 0) is 75.5 Å². The van der Waals surface area contributed by atoms with Crippen molar-refractivity contribution < 1.29 is 33.8 Å². The van der Waals surface area contributed by atoms with Crippen LogP contribution in [0.4, 0.5) is 4.79 Å². The Kier molecular flexibility index (Phi) is 12.6. The zero-order valence-electron chi connectivity index (χ0n) is 32.0. The number of aliphatic hydroxyl groups excluding tert-OH is 1. The smallest absolute Gasteiger partial charge is 0.324 e. The van der Waals surface area contributed by atoms with E-state index in [1.54, 1.807) is 6.08 Å². The molecular weight excluding hydrogens is 686 g/mol. The van der Waals surface area contributed by atoms with Gasteiger partial charge in [0, 0.05) is 30.5 Å². The summed E-state index contributed by atoms with van der Waals surface area (Å²) in [5.74, 6) is 4.70. The Bertz CT molecular complexity index is 1450. The van der Waals surface area contributed by atoms with Crippen molar-refractivity contribution in [1.82, 2.24) is 20.9 Å². The predicted molar refractivity (Wildman–Crippen MR) is 202 cm³/mol. The van der Waals surface area contributed by atoms with Crippen LogP contribution in [0.5, 0.6) is 0 Å². The van der Waals surface area contributed by atoms with Crippen molar-refractivity contribution in [2.45, 2.75) is 146 Å². The number of cyclic esters (lactones) is 1. The summed E-state index contributed by atoms with van der Waals surface area (Å²) in [5.41, 5.74) is 4.05. The molecule has 0 radical (unpaired) electrons. The summed E-state index contributed by atoms with van der Waals surface area (Å²) in [4.78, 5) is 59.2. The van der Waals surface area contributed by atoms with E-state index >= 15 is 9.59 Å². The number of morpholine rings is 1. The molecule has 0 aromatic rings. The number of aliphatic hydroxyl groups is 1. The molecule has 4 saturated carbocycles. The van der Waals surface area contributed by atoms with Crippen molar-refractivity contribution in [3.05, 3.63) is 12.7 Å². The van der Waals surface area contributed by atoms with Crippen LogP contribution in [0.2, 0.25) is 0 Å². The first-order valence-electron chi connectivity index (χ1n) is 21.2. The monoisotopic (exact) mass is 749 g/mol. The Morgan fingerprint density at radius 3 is 2.39 bits per heavy atom. The standard InChI is InChI=1S/C42H63N5O7/c1-2-21-44-38(49)33-35-39(50)54-36(28-15-7-4-8-16-28)34(27-13-5-3-6-14-27)47(35)37(29-17-9-10-18-32(29)53-24-23-48)42(33)30-25-26(12-11-22-45-41(43)52)19-20-31(30)46-40(42)51/h2,26-37,48H,1,3-10,13-25H2,(H,44,49)(H,46,51)(H3,43,45,52)/t26?,29?,30?,31?,32?,33-,34-,35-,36+,37+,42-/m0/s1. The average molecular weight is 750 g/mol. The van der Waals surface area contributed by atoms with Gasteiger partial charge < -0.3 is 36.3 Å². The van der Waals surface area contributed by atoms with Gasteiger partial charge in [-0.3, -0.25) is 19.3 Å². The number of hydrogen-bond acceptors (Lipinski definition) is 8. The second-order valence-electron chi connectivity index (χ2n) is 17.3. The van der Waals surface area contributed by atoms with Crippen molar-refractivity contribution in [1.29, 1.82) is 0 Å². The van der Waals surface area contributed by atoms with Crippen LogP contribution in [0, 0.1) is 52.8 Å². The molecule has 12 heteroatoms. The highest BCUT2D eigenvalue weighted by Gasteiger charge is 2.78. The first-order valence-corrected chi connectivity index (χ1v) is 21.2. The molecule has 0 bridgehead atoms. The first-order chi connectivity index (χ1) is 26.3. The van der Waals surface area contributed by atoms with E-state index in [0.717, 1.165) is 83.5 Å². The van der Waals surface area contributed by atoms with Crippen molar-refractivity contribution in [2.75, 3.05) is 26.3 Å². The number of fused-ring (bicyclic) bond motifs is 3. The summed E-state index contributed by atoms with van der Waals surface area (Å²) < 4.78 is 13.3. The maximum Gasteiger partial charge on any atom is 0.324 e. The van der Waals surface area contributed by atoms with E-state index in [-0.39, 0.29) is 98.0 Å². The largest absolute Gasteiger partial charge is 0.459 e. The summed E-state index contributed by atoms with van der Waals surface area (Å²) in [6.45, 7) is 4.31. The lowest BCUT2D eigenvalue weighted by atomic mass is 9.55. The fourth-order valence-electron chi connectivity index (χ4n) is 12.6. The lowest BCUT2D eigenvalue weighted by Crippen LogP contribution is -2.66. The van der Waals surface area contributed by atoms with Crippen molar-refractivity contribution in [3.8, 4) is 11.8 Å². The van der Waals surface area contributed by atoms with Crippen LogP contribution in [-0.4, -0.2) is 96.5 Å². The van der Waals surface area contributed by atoms with Crippen molar-refractivity contribution in [2.24, 2.45) is 46.7 Å². The number of nitrogens with one attached hydrogen (secondary N) is 3. The molecule has 5 unspecified atom stereocenters. The molecule has 11 atom stereocenters. The topological polar surface area (TPSA) is 172 Å². The number of carbonyl (C=O) groups is 4. The zero-order valence-corrected chi connectivity index (χ0v) is 32.0. The Labute approximate surface area is 320 Å². The van der Waals surface area contributed by atoms with Gasteiger partial charge in [0.05, 0.1) is 43.2 Å². The van der Waals surface area contributed by atoms with Crippen LogP contribution in [-0.2, 0) is 23.9 Å². The van der Waals surface area contributed by atoms with Crippen molar-refractivity contribution >= 4 is 23.8 Å². The Balaban J connectivity index is 1.41. The molecule has 7 fully saturated rings. The molecular formula is C42H63N5O7. The Morgan fingerprint density at radius 1 is 0.981 bits per heavy atom. The van der Waals surface area contributed by atoms with E-state index < -0.39 is 29.4 Å². The van der Waals surface area contributed by atoms with E-state index in [1.165, 1.54) is 12.8 Å². The summed E-state index contributed by atoms with van der Waals surface area (Å²) in [5, 5.41) is 19.0. The average Bonchev–Trinajstić information content (AvgIpc) is 3.66. The molecule has 54 heavy (non-hydrogen) atoms. The highest BCUT2D eigenvalue weighted by molar-refractivity contribution is 5.99. The number of nitrogens with zero attached hydrogens (tertiary/aromatic N) is 1. The third-order valence-corrected chi connectivity index (χ3v) is 14.5. The van der Waals surface area contributed by atoms with Gasteiger partial charge in [-0.2, -0.15) is 0 Å². The molecule has 298 valence electrons. The minimum Gasteiger partial charge on any atom is -0.459 e. The van der Waals surface area contributed by atoms with Gasteiger partial charge in [-0.15, -0.1) is 6.58 Å². The van der Waals surface area contributed by atoms with Crippen LogP contribution in [0.25, 0.3) is 0 Å². The molecule has 7 aliphatic rings. The fourth-order valence-corrected chi connectivity index (χ4v) is 12.6. The van der Waals surface area contributed by atoms with Gasteiger partial charge >= 0.3 is 12.0 Å². The quantitative estimate of drug-likeness (QED) is 0.128. The van der Waals surface area contributed by atoms with Crippen LogP contribution in [0.15, 0.2) is 12.7 Å². The number of hydrogen-bond donors (Lipinski definition) is 5. The van der Waals surface area contributed by atoms with Crippen LogP contribution < -0.4 is 21.7 Å². The molecule has 0 aromatic carbocycles. The Morgan fingerprint density at radius 2 is 1.69 bits per heavy atom. The molecule has 4 aliphatic carbocycles. The molecule has 3 aliphatic heterocycles. The van der Waals surface area contributed by atoms with E-state index in [0.29, 0.717) is 12.8 Å². The number of amides is 4. The number of primary amides is 1. The predicted octanol–water partition coefficient (Wildman–Crippen LogP) is 3.55. The van der Waals surface area contributed by atoms with E-state index in [9.17, 15) is 14.7 Å². The number of rotatable bonds is 10. The lowest BCUT2D eigenvalue weighted by Gasteiger charge is -2.54. The SMILES string of the molecule is C=CCNC(=O)[C@@H]1[C@H]2C(=O)O[C@H](C3CCCCC3)[C@H](C3CCCCC3)N2[C@H](C2CCCCC2OCCO)[C@@]12C(=O)NC1CCC(C#CCNC(N)=O)CC12. The minimum absolute atomic E-state index is 0.0652. The minimum atomic E-state index is -1.25. The third-order valence-electron chi connectivity index (χ3n) is 14.5. The normalized spacial score (nSPS) is 38.7. The Hall–Kier alpha value is -3.14. The molecule has 3 saturated heterocycles. The highest BCUT2D eigenvalue weighted by Crippen LogP contribution is 2.64. The summed E-state index contributed by atoms with van der Waals surface area (Å²) in [7, 11) is 0. The molecule has 6 N–H and O–H groups in total. The number of esters is 1. The molecule has 12 nitrogen and oxygen atoms in total. The van der Waals surface area contributed by atoms with E-state index in [4.69, 9.17) is 15.2 Å². The summed E-state index contributed by atoms with van der Waals surface area (Å²) >= 11 is 0. The highest BCUT2D eigenvalue weighted by atomic mass is 16.6. The van der Waals surface area contributed by atoms with Crippen LogP contribution in [0.1, 0.15) is 109 Å². The summed E-state index contributed by atoms with van der Waals surface area (Å²) in [6, 6.07) is -2.27. The zero-order chi connectivity index (χ0) is 37.8. The first kappa shape index (κ1) is 39.1. The maximum atomic E-state index is 15.4. The second-order valence-corrected chi connectivity index (χ2v) is 17.3. The number of ether oxygens (including phenoxy) is 2. The van der Waals surface area contributed by atoms with Crippen molar-refractivity contribution in [3.63, 3.8) is 0 Å². The van der Waals surface area contributed by atoms with Gasteiger partial charge in [-0.25, -0.2) is 4.79 Å². The number of urea groups is 1. The van der Waals surface area contributed by atoms with Crippen LogP contribution >= 0.6 is 0 Å². The second kappa shape index (κ2) is 17.3. The maximum absolute atomic E-state index is 15.4. The molecule has 3 heterocycles. The van der Waals surface area contributed by atoms with Gasteiger partial charge in [0.25, 0.3) is 0 Å². The third kappa shape index (κ3) is 7.30.